The van der Waals surface area contributed by atoms with E-state index in [1.54, 1.807) is 0 Å². The molecule has 1 N–H and O–H groups in total. The Bertz CT molecular complexity index is 1280. The van der Waals surface area contributed by atoms with Gasteiger partial charge >= 0.3 is 35.5 Å². The first-order valence-corrected chi connectivity index (χ1v) is 11.2. The molecule has 4 rings (SSSR count). The quantitative estimate of drug-likeness (QED) is 0.307. The summed E-state index contributed by atoms with van der Waals surface area (Å²) in [5, 5.41) is 7.22. The summed E-state index contributed by atoms with van der Waals surface area (Å²) in [6, 6.07) is 15.9. The van der Waals surface area contributed by atoms with E-state index in [-0.39, 0.29) is 34.4 Å². The van der Waals surface area contributed by atoms with E-state index in [1.165, 1.54) is 7.11 Å². The number of carbonyl (C=O) groups excluding carboxylic acids is 1. The van der Waals surface area contributed by atoms with Crippen molar-refractivity contribution in [1.29, 1.82) is 0 Å². The molecule has 33 heavy (non-hydrogen) atoms. The number of aromatic amines is 1. The van der Waals surface area contributed by atoms with Crippen LogP contribution in [-0.2, 0) is 17.6 Å². The van der Waals surface area contributed by atoms with Gasteiger partial charge < -0.3 is 14.1 Å². The summed E-state index contributed by atoms with van der Waals surface area (Å²) in [6.45, 7) is 2.13. The molecule has 2 aromatic carbocycles. The first kappa shape index (κ1) is 25.1. The summed E-state index contributed by atoms with van der Waals surface area (Å²) in [5.41, 5.74) is 6.04. The van der Waals surface area contributed by atoms with Gasteiger partial charge in [0.05, 0.1) is 12.8 Å². The van der Waals surface area contributed by atoms with Crippen molar-refractivity contribution < 1.29 is 39.1 Å². The van der Waals surface area contributed by atoms with Gasteiger partial charge in [-0.15, -0.1) is 11.5 Å². The second-order valence-corrected chi connectivity index (χ2v) is 8.14. The van der Waals surface area contributed by atoms with Crippen LogP contribution in [0.4, 0.5) is 0 Å². The third kappa shape index (κ3) is 5.70. The van der Waals surface area contributed by atoms with E-state index in [1.807, 2.05) is 48.5 Å². The molecule has 7 nitrogen and oxygen atoms in total. The van der Waals surface area contributed by atoms with E-state index >= 15 is 0 Å². The Labute approximate surface area is 218 Å². The average molecular weight is 471 g/mol. The number of H-pyrrole nitrogens is 1. The number of benzene rings is 2. The number of unbranched alkanes of at least 4 members (excludes halogenated alkanes) is 1. The number of rotatable bonds is 8. The third-order valence-electron chi connectivity index (χ3n) is 5.33. The Morgan fingerprint density at radius 1 is 1.12 bits per heavy atom. The maximum absolute atomic E-state index is 12.2. The smallest absolute Gasteiger partial charge is 0.464 e. The van der Waals surface area contributed by atoms with E-state index in [2.05, 4.69) is 26.5 Å². The predicted molar refractivity (Wildman–Crippen MR) is 124 cm³/mol. The van der Waals surface area contributed by atoms with Crippen LogP contribution in [0.25, 0.3) is 22.5 Å². The van der Waals surface area contributed by atoms with Gasteiger partial charge in [0, 0.05) is 12.0 Å². The van der Waals surface area contributed by atoms with Gasteiger partial charge in [0.1, 0.15) is 5.69 Å². The van der Waals surface area contributed by atoms with E-state index in [0.29, 0.717) is 17.9 Å². The minimum atomic E-state index is -0.408. The van der Waals surface area contributed by atoms with Gasteiger partial charge in [0.2, 0.25) is 4.87 Å². The fraction of sp³-hybridized carbons (Fsp3) is 0.250. The van der Waals surface area contributed by atoms with Crippen LogP contribution in [-0.4, -0.2) is 28.3 Å². The first-order valence-electron chi connectivity index (χ1n) is 10.4. The minimum absolute atomic E-state index is 0. The molecule has 9 heteroatoms. The number of nitrogens with zero attached hydrogens (tertiary/aromatic N) is 3. The maximum atomic E-state index is 12.2. The Morgan fingerprint density at radius 2 is 1.85 bits per heavy atom. The molecular formula is C24H23N4NaO3S. The zero-order valence-electron chi connectivity index (χ0n) is 18.9. The van der Waals surface area contributed by atoms with Crippen LogP contribution in [0.5, 0.6) is 0 Å². The average Bonchev–Trinajstić information content (AvgIpc) is 3.44. The van der Waals surface area contributed by atoms with Crippen molar-refractivity contribution in [2.45, 2.75) is 32.6 Å². The monoisotopic (exact) mass is 470 g/mol. The fourth-order valence-corrected chi connectivity index (χ4v) is 4.10. The Balaban J connectivity index is 0.00000306. The van der Waals surface area contributed by atoms with Crippen molar-refractivity contribution in [3.63, 3.8) is 0 Å². The molecule has 0 amide bonds. The number of hydrogen-bond acceptors (Lipinski definition) is 6. The van der Waals surface area contributed by atoms with Crippen LogP contribution in [0.1, 0.15) is 47.1 Å². The molecule has 0 spiro atoms. The van der Waals surface area contributed by atoms with E-state index < -0.39 is 5.97 Å². The molecule has 0 unspecified atom stereocenters. The van der Waals surface area contributed by atoms with Gasteiger partial charge in [0.25, 0.3) is 0 Å². The summed E-state index contributed by atoms with van der Waals surface area (Å²) in [7, 11) is 1.37. The van der Waals surface area contributed by atoms with Crippen LogP contribution >= 0.6 is 11.5 Å². The molecule has 2 aromatic heterocycles. The summed E-state index contributed by atoms with van der Waals surface area (Å²) in [5.74, 6) is 0.0376. The topological polar surface area (TPSA) is 99.0 Å². The van der Waals surface area contributed by atoms with Gasteiger partial charge in [-0.05, 0) is 40.9 Å². The van der Waals surface area contributed by atoms with Crippen molar-refractivity contribution in [3.8, 4) is 22.5 Å². The normalized spacial score (nSPS) is 10.6. The molecule has 2 heterocycles. The largest absolute Gasteiger partial charge is 1.00 e. The maximum Gasteiger partial charge on any atom is 1.00 e. The van der Waals surface area contributed by atoms with Gasteiger partial charge in [0.15, 0.2) is 0 Å². The number of hydrogen-bond donors (Lipinski definition) is 1. The number of carbonyl (C=O) groups is 1. The molecular weight excluding hydrogens is 447 g/mol. The van der Waals surface area contributed by atoms with Crippen molar-refractivity contribution >= 4 is 17.5 Å². The van der Waals surface area contributed by atoms with Gasteiger partial charge in [-0.25, -0.2) is 4.79 Å². The Kier molecular flexibility index (Phi) is 8.80. The molecule has 0 bridgehead atoms. The number of esters is 1. The molecule has 0 aliphatic carbocycles. The zero-order valence-corrected chi connectivity index (χ0v) is 21.7. The molecule has 4 aromatic rings. The SMILES string of the molecule is CCCCc1n[nH]c(C(=O)OC)c1Cc1ccc(-c2ccccc2-c2nc(=O)s[n-]2)cc1.[Na+]. The number of methoxy groups -OCH3 is 1. The summed E-state index contributed by atoms with van der Waals surface area (Å²) in [4.78, 5) is 27.4. The van der Waals surface area contributed by atoms with E-state index in [9.17, 15) is 9.59 Å². The number of aromatic nitrogens is 4. The van der Waals surface area contributed by atoms with Gasteiger partial charge in [-0.3, -0.25) is 9.89 Å². The second kappa shape index (κ2) is 11.6. The molecule has 0 saturated heterocycles. The van der Waals surface area contributed by atoms with Crippen molar-refractivity contribution in [3.05, 3.63) is 80.7 Å². The van der Waals surface area contributed by atoms with Crippen molar-refractivity contribution in [2.75, 3.05) is 7.11 Å². The molecule has 0 saturated carbocycles. The molecule has 0 atom stereocenters. The second-order valence-electron chi connectivity index (χ2n) is 7.42. The number of ether oxygens (including phenoxy) is 1. The van der Waals surface area contributed by atoms with Crippen molar-refractivity contribution in [1.82, 2.24) is 19.6 Å². The molecule has 164 valence electrons. The Hall–Kier alpha value is -2.52. The standard InChI is InChI=1S/C24H24N4O3S.Na/c1-3-4-9-20-19(21(27-26-20)23(29)31-2)14-15-10-12-16(13-11-15)17-7-5-6-8-18(17)22-25-24(30)32-28-22;/h5-8,10-13H,3-4,9,14H2,1-2H3,(H2,25,26,27,28,29,30);/q;+1/p-1. The van der Waals surface area contributed by atoms with E-state index in [4.69, 9.17) is 4.74 Å². The van der Waals surface area contributed by atoms with Crippen LogP contribution in [0, 0.1) is 0 Å². The van der Waals surface area contributed by atoms with Crippen LogP contribution in [0.15, 0.2) is 53.3 Å². The van der Waals surface area contributed by atoms with Crippen LogP contribution < -0.4 is 38.8 Å². The van der Waals surface area contributed by atoms with Gasteiger partial charge in [-0.2, -0.15) is 5.10 Å². The van der Waals surface area contributed by atoms with Crippen molar-refractivity contribution in [2.24, 2.45) is 0 Å². The number of aryl methyl sites for hydroxylation is 1. The predicted octanol–water partition coefficient (Wildman–Crippen LogP) is 1.24. The zero-order chi connectivity index (χ0) is 22.5. The van der Waals surface area contributed by atoms with Crippen LogP contribution in [0.2, 0.25) is 0 Å². The number of nitrogens with one attached hydrogen (secondary N) is 1. The molecule has 0 aliphatic rings. The molecule has 0 fully saturated rings. The molecule has 0 aliphatic heterocycles. The van der Waals surface area contributed by atoms with E-state index in [0.717, 1.165) is 64.3 Å². The third-order valence-corrected chi connectivity index (χ3v) is 5.84. The summed E-state index contributed by atoms with van der Waals surface area (Å²) < 4.78 is 9.09. The Morgan fingerprint density at radius 3 is 2.48 bits per heavy atom. The van der Waals surface area contributed by atoms with Crippen LogP contribution in [0.3, 0.4) is 0 Å². The molecule has 0 radical (unpaired) electrons. The summed E-state index contributed by atoms with van der Waals surface area (Å²) >= 11 is 0.857. The minimum Gasteiger partial charge on any atom is -0.464 e. The summed E-state index contributed by atoms with van der Waals surface area (Å²) in [6.07, 6.45) is 3.45. The fourth-order valence-electron chi connectivity index (χ4n) is 3.67. The van der Waals surface area contributed by atoms with Gasteiger partial charge in [-0.1, -0.05) is 61.9 Å². The first-order chi connectivity index (χ1) is 15.6.